The predicted molar refractivity (Wildman–Crippen MR) is 152 cm³/mol. The number of piperazine rings is 1. The quantitative estimate of drug-likeness (QED) is 0.513. The molecule has 0 aromatic heterocycles. The lowest BCUT2D eigenvalue weighted by Crippen LogP contribution is -2.50. The van der Waals surface area contributed by atoms with E-state index in [1.54, 1.807) is 30.3 Å². The third-order valence-electron chi connectivity index (χ3n) is 7.98. The van der Waals surface area contributed by atoms with E-state index in [1.807, 2.05) is 11.9 Å². The molecule has 0 spiro atoms. The van der Waals surface area contributed by atoms with Crippen molar-refractivity contribution in [3.8, 4) is 11.1 Å². The normalized spacial score (nSPS) is 22.3. The maximum Gasteiger partial charge on any atom is 0.414 e. The number of rotatable bonds is 6. The molecule has 8 nitrogen and oxygen atoms in total. The van der Waals surface area contributed by atoms with Crippen LogP contribution in [0.1, 0.15) is 12.5 Å². The largest absolute Gasteiger partial charge is 0.414 e. The van der Waals surface area contributed by atoms with Crippen LogP contribution in [-0.2, 0) is 20.9 Å². The van der Waals surface area contributed by atoms with Gasteiger partial charge in [-0.25, -0.2) is 9.38 Å². The summed E-state index contributed by atoms with van der Waals surface area (Å²) in [7, 11) is 2.01. The van der Waals surface area contributed by atoms with E-state index in [0.29, 0.717) is 55.7 Å². The number of dihydropyridines is 1. The molecule has 3 aliphatic rings. The lowest BCUT2D eigenvalue weighted by atomic mass is 9.95. The van der Waals surface area contributed by atoms with Gasteiger partial charge in [-0.2, -0.15) is 13.2 Å². The standard InChI is InChI=1S/C30H33F4N5O3/c1-19-17-39(8-7-37(19)2)27-6-4-21(22-13-20(3-5-25(22)31)18-38-9-11-42-12-10-38)14-26(27)36-29(41)23-16-35-28(40)15-24(23)30(32,33)34/h3-6,13-16,19,23H,7-12,17-18H2,1-2H3,(H,36,41). The van der Waals surface area contributed by atoms with Crippen LogP contribution in [0, 0.1) is 11.7 Å². The van der Waals surface area contributed by atoms with Gasteiger partial charge in [0.2, 0.25) is 5.91 Å². The number of nitrogens with one attached hydrogen (secondary N) is 1. The molecule has 224 valence electrons. The minimum atomic E-state index is -4.90. The lowest BCUT2D eigenvalue weighted by Gasteiger charge is -2.39. The first-order valence-electron chi connectivity index (χ1n) is 13.9. The smallest absolute Gasteiger partial charge is 0.379 e. The fourth-order valence-corrected chi connectivity index (χ4v) is 5.42. The van der Waals surface area contributed by atoms with Crippen LogP contribution in [0.2, 0.25) is 0 Å². The van der Waals surface area contributed by atoms with Gasteiger partial charge in [-0.3, -0.25) is 14.5 Å². The zero-order chi connectivity index (χ0) is 30.0. The van der Waals surface area contributed by atoms with Crippen molar-refractivity contribution in [3.05, 3.63) is 59.4 Å². The van der Waals surface area contributed by atoms with Crippen LogP contribution in [0.5, 0.6) is 0 Å². The van der Waals surface area contributed by atoms with Crippen LogP contribution in [0.3, 0.4) is 0 Å². The molecule has 0 radical (unpaired) electrons. The van der Waals surface area contributed by atoms with E-state index in [0.717, 1.165) is 31.4 Å². The average Bonchev–Trinajstić information content (AvgIpc) is 2.95. The van der Waals surface area contributed by atoms with Crippen LogP contribution in [-0.4, -0.2) is 93.0 Å². The van der Waals surface area contributed by atoms with Gasteiger partial charge in [-0.1, -0.05) is 12.1 Å². The molecule has 0 saturated carbocycles. The number of halogens is 4. The van der Waals surface area contributed by atoms with Gasteiger partial charge in [-0.05, 0) is 49.4 Å². The van der Waals surface area contributed by atoms with Gasteiger partial charge in [0, 0.05) is 63.2 Å². The number of hydrogen-bond donors (Lipinski definition) is 1. The molecule has 1 N–H and O–H groups in total. The van der Waals surface area contributed by atoms with Crippen LogP contribution in [0.4, 0.5) is 28.9 Å². The minimum Gasteiger partial charge on any atom is -0.379 e. The van der Waals surface area contributed by atoms with Gasteiger partial charge < -0.3 is 19.9 Å². The molecule has 2 aromatic rings. The van der Waals surface area contributed by atoms with E-state index in [1.165, 1.54) is 6.07 Å². The second-order valence-corrected chi connectivity index (χ2v) is 10.9. The average molecular weight is 588 g/mol. The summed E-state index contributed by atoms with van der Waals surface area (Å²) in [6, 6.07) is 10.2. The van der Waals surface area contributed by atoms with Crippen molar-refractivity contribution in [2.24, 2.45) is 10.9 Å². The highest BCUT2D eigenvalue weighted by Gasteiger charge is 2.43. The first-order chi connectivity index (χ1) is 20.0. The molecule has 0 bridgehead atoms. The Kier molecular flexibility index (Phi) is 8.76. The number of aliphatic imine (C=N–C) groups is 1. The number of alkyl halides is 3. The molecule has 3 heterocycles. The van der Waals surface area contributed by atoms with Crippen LogP contribution >= 0.6 is 0 Å². The van der Waals surface area contributed by atoms with E-state index < -0.39 is 35.3 Å². The summed E-state index contributed by atoms with van der Waals surface area (Å²) in [5, 5.41) is 2.65. The fraction of sp³-hybridized carbons (Fsp3) is 0.433. The Morgan fingerprint density at radius 2 is 1.86 bits per heavy atom. The van der Waals surface area contributed by atoms with Gasteiger partial charge in [0.1, 0.15) is 11.7 Å². The summed E-state index contributed by atoms with van der Waals surface area (Å²) in [6.45, 7) is 7.47. The third-order valence-corrected chi connectivity index (χ3v) is 7.98. The molecular weight excluding hydrogens is 554 g/mol. The van der Waals surface area contributed by atoms with Gasteiger partial charge in [0.05, 0.1) is 30.2 Å². The molecule has 2 fully saturated rings. The van der Waals surface area contributed by atoms with Crippen molar-refractivity contribution in [1.82, 2.24) is 9.80 Å². The van der Waals surface area contributed by atoms with Crippen molar-refractivity contribution in [2.45, 2.75) is 25.7 Å². The molecule has 5 rings (SSSR count). The highest BCUT2D eigenvalue weighted by Crippen LogP contribution is 2.37. The zero-order valence-corrected chi connectivity index (χ0v) is 23.5. The first kappa shape index (κ1) is 29.9. The summed E-state index contributed by atoms with van der Waals surface area (Å²) in [6.07, 6.45) is -3.83. The Balaban J connectivity index is 1.49. The molecule has 2 atom stereocenters. The van der Waals surface area contributed by atoms with Gasteiger partial charge >= 0.3 is 6.18 Å². The van der Waals surface area contributed by atoms with Crippen LogP contribution in [0.15, 0.2) is 53.0 Å². The van der Waals surface area contributed by atoms with Crippen molar-refractivity contribution >= 4 is 29.4 Å². The number of carbonyl (C=O) groups excluding carboxylic acids is 2. The molecule has 3 aliphatic heterocycles. The van der Waals surface area contributed by atoms with E-state index in [2.05, 4.69) is 27.0 Å². The molecule has 2 saturated heterocycles. The Morgan fingerprint density at radius 3 is 2.57 bits per heavy atom. The number of hydrogen-bond acceptors (Lipinski definition) is 6. The topological polar surface area (TPSA) is 77.5 Å². The summed E-state index contributed by atoms with van der Waals surface area (Å²) >= 11 is 0. The second kappa shape index (κ2) is 12.3. The van der Waals surface area contributed by atoms with Crippen LogP contribution in [0.25, 0.3) is 11.1 Å². The molecule has 2 amide bonds. The number of carbonyl (C=O) groups is 2. The lowest BCUT2D eigenvalue weighted by molar-refractivity contribution is -0.124. The number of likely N-dealkylation sites (N-methyl/N-ethyl adjacent to an activating group) is 1. The Labute approximate surface area is 241 Å². The second-order valence-electron chi connectivity index (χ2n) is 10.9. The van der Waals surface area contributed by atoms with Gasteiger partial charge in [0.25, 0.3) is 5.91 Å². The highest BCUT2D eigenvalue weighted by molar-refractivity contribution is 6.11. The summed E-state index contributed by atoms with van der Waals surface area (Å²) in [5.74, 6) is -4.33. The maximum atomic E-state index is 15.2. The Morgan fingerprint density at radius 1 is 1.10 bits per heavy atom. The SMILES string of the molecule is CC1CN(c2ccc(-c3cc(CN4CCOCC4)ccc3F)cc2NC(=O)C2C=NC(=O)C=C2C(F)(F)F)CCN1C. The minimum absolute atomic E-state index is 0.188. The Bertz CT molecular complexity index is 1400. The molecule has 42 heavy (non-hydrogen) atoms. The molecular formula is C30H33F4N5O3. The predicted octanol–water partition coefficient (Wildman–Crippen LogP) is 4.12. The van der Waals surface area contributed by atoms with E-state index >= 15 is 4.39 Å². The van der Waals surface area contributed by atoms with Crippen molar-refractivity contribution < 1.29 is 31.9 Å². The monoisotopic (exact) mass is 587 g/mol. The van der Waals surface area contributed by atoms with E-state index in [-0.39, 0.29) is 11.7 Å². The molecule has 2 unspecified atom stereocenters. The fourth-order valence-electron chi connectivity index (χ4n) is 5.42. The number of morpholine rings is 1. The number of ether oxygens (including phenoxy) is 1. The summed E-state index contributed by atoms with van der Waals surface area (Å²) < 4.78 is 61.7. The van der Waals surface area contributed by atoms with E-state index in [9.17, 15) is 22.8 Å². The van der Waals surface area contributed by atoms with Crippen molar-refractivity contribution in [2.75, 3.05) is 63.2 Å². The maximum absolute atomic E-state index is 15.2. The molecule has 0 aliphatic carbocycles. The van der Waals surface area contributed by atoms with Crippen LogP contribution < -0.4 is 10.2 Å². The first-order valence-corrected chi connectivity index (χ1v) is 13.9. The Hall–Kier alpha value is -3.61. The highest BCUT2D eigenvalue weighted by atomic mass is 19.4. The third kappa shape index (κ3) is 6.71. The molecule has 2 aromatic carbocycles. The summed E-state index contributed by atoms with van der Waals surface area (Å²) in [4.78, 5) is 34.8. The number of nitrogens with zero attached hydrogens (tertiary/aromatic N) is 4. The number of anilines is 2. The van der Waals surface area contributed by atoms with Gasteiger partial charge in [0.15, 0.2) is 0 Å². The number of benzene rings is 2. The van der Waals surface area contributed by atoms with Crippen molar-refractivity contribution in [1.29, 1.82) is 0 Å². The zero-order valence-electron chi connectivity index (χ0n) is 23.5. The van der Waals surface area contributed by atoms with Crippen molar-refractivity contribution in [3.63, 3.8) is 0 Å². The van der Waals surface area contributed by atoms with E-state index in [4.69, 9.17) is 4.74 Å². The number of amides is 2. The summed E-state index contributed by atoms with van der Waals surface area (Å²) in [5.41, 5.74) is 1.26. The molecule has 12 heteroatoms. The van der Waals surface area contributed by atoms with Gasteiger partial charge in [-0.15, -0.1) is 0 Å².